The van der Waals surface area contributed by atoms with Gasteiger partial charge in [0.05, 0.1) is 5.56 Å². The zero-order valence-corrected chi connectivity index (χ0v) is 11.2. The minimum absolute atomic E-state index is 0.0769. The third kappa shape index (κ3) is 2.86. The Morgan fingerprint density at radius 3 is 2.84 bits per heavy atom. The van der Waals surface area contributed by atoms with Crippen molar-refractivity contribution in [3.8, 4) is 12.3 Å². The van der Waals surface area contributed by atoms with E-state index in [1.807, 2.05) is 31.2 Å². The van der Waals surface area contributed by atoms with Crippen LogP contribution in [0.2, 0.25) is 5.15 Å². The highest BCUT2D eigenvalue weighted by molar-refractivity contribution is 6.34. The number of hydrogen-bond donors (Lipinski definition) is 1. The van der Waals surface area contributed by atoms with E-state index in [0.717, 1.165) is 10.8 Å². The lowest BCUT2D eigenvalue weighted by Gasteiger charge is -2.12. The van der Waals surface area contributed by atoms with Crippen molar-refractivity contribution in [1.29, 1.82) is 0 Å². The van der Waals surface area contributed by atoms with Crippen LogP contribution in [0.4, 0.5) is 0 Å². The fraction of sp³-hybridized carbons (Fsp3) is 0.200. The van der Waals surface area contributed by atoms with Gasteiger partial charge in [-0.2, -0.15) is 0 Å². The van der Waals surface area contributed by atoms with E-state index in [4.69, 9.17) is 18.0 Å². The number of halogens is 1. The van der Waals surface area contributed by atoms with Crippen molar-refractivity contribution in [3.63, 3.8) is 0 Å². The zero-order chi connectivity index (χ0) is 13.8. The van der Waals surface area contributed by atoms with Crippen LogP contribution in [-0.2, 0) is 0 Å². The zero-order valence-electron chi connectivity index (χ0n) is 10.5. The number of carbonyl (C=O) groups excluding carboxylic acids is 1. The molecule has 0 fully saturated rings. The average Bonchev–Trinajstić information content (AvgIpc) is 2.39. The summed E-state index contributed by atoms with van der Waals surface area (Å²) in [5.74, 6) is 2.33. The number of pyridine rings is 1. The van der Waals surface area contributed by atoms with E-state index in [9.17, 15) is 4.79 Å². The summed E-state index contributed by atoms with van der Waals surface area (Å²) in [7, 11) is 0. The Kier molecular flexibility index (Phi) is 4.03. The van der Waals surface area contributed by atoms with Crippen LogP contribution in [0.25, 0.3) is 10.8 Å². The summed E-state index contributed by atoms with van der Waals surface area (Å²) >= 11 is 6.02. The van der Waals surface area contributed by atoms with Gasteiger partial charge in [-0.15, -0.1) is 12.3 Å². The van der Waals surface area contributed by atoms with E-state index in [0.29, 0.717) is 17.1 Å². The quantitative estimate of drug-likeness (QED) is 0.689. The van der Waals surface area contributed by atoms with Gasteiger partial charge >= 0.3 is 0 Å². The molecule has 0 bridgehead atoms. The fourth-order valence-electron chi connectivity index (χ4n) is 1.87. The van der Waals surface area contributed by atoms with E-state index in [1.165, 1.54) is 6.20 Å². The lowest BCUT2D eigenvalue weighted by atomic mass is 10.1. The van der Waals surface area contributed by atoms with Crippen LogP contribution in [-0.4, -0.2) is 16.9 Å². The summed E-state index contributed by atoms with van der Waals surface area (Å²) < 4.78 is 0. The van der Waals surface area contributed by atoms with Crippen molar-refractivity contribution in [1.82, 2.24) is 10.3 Å². The molecule has 2 aromatic rings. The monoisotopic (exact) mass is 272 g/mol. The molecule has 96 valence electrons. The van der Waals surface area contributed by atoms with Gasteiger partial charge in [-0.25, -0.2) is 4.98 Å². The largest absolute Gasteiger partial charge is 0.349 e. The predicted octanol–water partition coefficient (Wildman–Crippen LogP) is 3.03. The second-order valence-corrected chi connectivity index (χ2v) is 4.65. The Morgan fingerprint density at radius 2 is 2.16 bits per heavy atom. The Balaban J connectivity index is 2.38. The molecule has 1 aromatic carbocycles. The van der Waals surface area contributed by atoms with Crippen LogP contribution >= 0.6 is 11.6 Å². The number of fused-ring (bicyclic) bond motifs is 1. The van der Waals surface area contributed by atoms with E-state index in [2.05, 4.69) is 16.2 Å². The van der Waals surface area contributed by atoms with Crippen LogP contribution in [0.1, 0.15) is 23.7 Å². The molecule has 0 saturated heterocycles. The third-order valence-corrected chi connectivity index (χ3v) is 3.09. The smallest absolute Gasteiger partial charge is 0.253 e. The molecule has 1 atom stereocenters. The predicted molar refractivity (Wildman–Crippen MR) is 77.1 cm³/mol. The van der Waals surface area contributed by atoms with Gasteiger partial charge in [-0.05, 0) is 12.3 Å². The van der Waals surface area contributed by atoms with Gasteiger partial charge in [0.25, 0.3) is 5.91 Å². The SMILES string of the molecule is C#CCC(C)NC(=O)c1cnc(Cl)c2ccccc12. The highest BCUT2D eigenvalue weighted by Gasteiger charge is 2.14. The van der Waals surface area contributed by atoms with Crippen LogP contribution in [0, 0.1) is 12.3 Å². The topological polar surface area (TPSA) is 42.0 Å². The van der Waals surface area contributed by atoms with Gasteiger partial charge in [-0.1, -0.05) is 35.9 Å². The molecule has 1 aromatic heterocycles. The van der Waals surface area contributed by atoms with Gasteiger partial charge < -0.3 is 5.32 Å². The number of terminal acetylenes is 1. The second-order valence-electron chi connectivity index (χ2n) is 4.29. The van der Waals surface area contributed by atoms with Gasteiger partial charge in [-0.3, -0.25) is 4.79 Å². The first-order valence-electron chi connectivity index (χ1n) is 5.91. The number of benzene rings is 1. The number of aromatic nitrogens is 1. The minimum atomic E-state index is -0.192. The summed E-state index contributed by atoms with van der Waals surface area (Å²) in [4.78, 5) is 16.2. The molecule has 0 radical (unpaired) electrons. The molecule has 0 saturated carbocycles. The highest BCUT2D eigenvalue weighted by Crippen LogP contribution is 2.24. The number of carbonyl (C=O) groups is 1. The summed E-state index contributed by atoms with van der Waals surface area (Å²) in [5.41, 5.74) is 0.504. The Bertz CT molecular complexity index is 661. The molecule has 1 N–H and O–H groups in total. The molecule has 1 amide bonds. The standard InChI is InChI=1S/C15H13ClN2O/c1-3-6-10(2)18-15(19)13-9-17-14(16)12-8-5-4-7-11(12)13/h1,4-5,7-10H,6H2,2H3,(H,18,19). The third-order valence-electron chi connectivity index (χ3n) is 2.79. The molecule has 4 heteroatoms. The Labute approximate surface area is 117 Å². The average molecular weight is 273 g/mol. The fourth-order valence-corrected chi connectivity index (χ4v) is 2.08. The van der Waals surface area contributed by atoms with Crippen molar-refractivity contribution in [3.05, 3.63) is 41.2 Å². The number of nitrogens with zero attached hydrogens (tertiary/aromatic N) is 1. The van der Waals surface area contributed by atoms with Crippen LogP contribution in [0.15, 0.2) is 30.5 Å². The number of rotatable bonds is 3. The van der Waals surface area contributed by atoms with Crippen molar-refractivity contribution >= 4 is 28.3 Å². The summed E-state index contributed by atoms with van der Waals surface area (Å²) in [6.07, 6.45) is 7.20. The maximum absolute atomic E-state index is 12.2. The van der Waals surface area contributed by atoms with E-state index < -0.39 is 0 Å². The molecular formula is C15H13ClN2O. The molecule has 2 rings (SSSR count). The number of nitrogens with one attached hydrogen (secondary N) is 1. The Hall–Kier alpha value is -2.05. The summed E-state index contributed by atoms with van der Waals surface area (Å²) in [5, 5.41) is 4.79. The molecule has 0 aliphatic carbocycles. The van der Waals surface area contributed by atoms with E-state index in [-0.39, 0.29) is 11.9 Å². The van der Waals surface area contributed by atoms with Crippen molar-refractivity contribution in [2.45, 2.75) is 19.4 Å². The molecule has 3 nitrogen and oxygen atoms in total. The summed E-state index contributed by atoms with van der Waals surface area (Å²) in [6.45, 7) is 1.86. The maximum atomic E-state index is 12.2. The van der Waals surface area contributed by atoms with Crippen LogP contribution in [0.3, 0.4) is 0 Å². The molecule has 19 heavy (non-hydrogen) atoms. The first-order chi connectivity index (χ1) is 9.13. The number of hydrogen-bond acceptors (Lipinski definition) is 2. The van der Waals surface area contributed by atoms with Crippen LogP contribution in [0.5, 0.6) is 0 Å². The molecule has 1 heterocycles. The summed E-state index contributed by atoms with van der Waals surface area (Å²) in [6, 6.07) is 7.33. The second kappa shape index (κ2) is 5.73. The van der Waals surface area contributed by atoms with Gasteiger partial charge in [0.1, 0.15) is 5.15 Å². The minimum Gasteiger partial charge on any atom is -0.349 e. The van der Waals surface area contributed by atoms with Gasteiger partial charge in [0, 0.05) is 24.0 Å². The molecule has 0 spiro atoms. The van der Waals surface area contributed by atoms with Gasteiger partial charge in [0.15, 0.2) is 0 Å². The molecule has 0 aliphatic rings. The first-order valence-corrected chi connectivity index (χ1v) is 6.29. The van der Waals surface area contributed by atoms with Crippen molar-refractivity contribution in [2.24, 2.45) is 0 Å². The number of amides is 1. The lowest BCUT2D eigenvalue weighted by molar-refractivity contribution is 0.0942. The first kappa shape index (κ1) is 13.4. The highest BCUT2D eigenvalue weighted by atomic mass is 35.5. The lowest BCUT2D eigenvalue weighted by Crippen LogP contribution is -2.32. The maximum Gasteiger partial charge on any atom is 0.253 e. The van der Waals surface area contributed by atoms with E-state index >= 15 is 0 Å². The van der Waals surface area contributed by atoms with Crippen molar-refractivity contribution < 1.29 is 4.79 Å². The molecule has 0 aliphatic heterocycles. The van der Waals surface area contributed by atoms with Gasteiger partial charge in [0.2, 0.25) is 0 Å². The van der Waals surface area contributed by atoms with E-state index in [1.54, 1.807) is 0 Å². The van der Waals surface area contributed by atoms with Crippen LogP contribution < -0.4 is 5.32 Å². The van der Waals surface area contributed by atoms with Crippen molar-refractivity contribution in [2.75, 3.05) is 0 Å². The molecule has 1 unspecified atom stereocenters. The molecular weight excluding hydrogens is 260 g/mol. The normalized spacial score (nSPS) is 11.8. The Morgan fingerprint density at radius 1 is 1.47 bits per heavy atom.